The average molecular weight is 366 g/mol. The van der Waals surface area contributed by atoms with Gasteiger partial charge in [0.25, 0.3) is 5.91 Å². The summed E-state index contributed by atoms with van der Waals surface area (Å²) >= 11 is 0. The van der Waals surface area contributed by atoms with Crippen LogP contribution in [0.15, 0.2) is 43.0 Å². The fourth-order valence-corrected chi connectivity index (χ4v) is 2.94. The lowest BCUT2D eigenvalue weighted by molar-refractivity contribution is 0.102. The number of aromatic nitrogens is 2. The van der Waals surface area contributed by atoms with Crippen LogP contribution in [0.5, 0.6) is 0 Å². The molecule has 0 unspecified atom stereocenters. The maximum absolute atomic E-state index is 12.5. The second-order valence-electron chi connectivity index (χ2n) is 6.68. The number of piperazine rings is 1. The number of benzene rings is 1. The summed E-state index contributed by atoms with van der Waals surface area (Å²) in [5.74, 6) is 0.167. The minimum absolute atomic E-state index is 0.255. The zero-order valence-electron chi connectivity index (χ0n) is 15.9. The van der Waals surface area contributed by atoms with Crippen molar-refractivity contribution < 1.29 is 4.79 Å². The second-order valence-corrected chi connectivity index (χ2v) is 6.68. The van der Waals surface area contributed by atoms with Crippen LogP contribution in [0.4, 0.5) is 17.3 Å². The molecule has 1 aromatic carbocycles. The van der Waals surface area contributed by atoms with E-state index in [0.29, 0.717) is 18.2 Å². The van der Waals surface area contributed by atoms with Crippen LogP contribution in [0.1, 0.15) is 16.2 Å². The van der Waals surface area contributed by atoms with E-state index in [1.54, 1.807) is 12.1 Å². The van der Waals surface area contributed by atoms with Crippen LogP contribution in [0, 0.1) is 6.92 Å². The molecular formula is C20H26N6O. The Morgan fingerprint density at radius 3 is 2.56 bits per heavy atom. The fourth-order valence-electron chi connectivity index (χ4n) is 2.94. The normalized spacial score (nSPS) is 14.7. The lowest BCUT2D eigenvalue weighted by atomic mass is 10.2. The summed E-state index contributed by atoms with van der Waals surface area (Å²) in [6.07, 6.45) is 1.72. The van der Waals surface area contributed by atoms with Crippen LogP contribution >= 0.6 is 0 Å². The van der Waals surface area contributed by atoms with Gasteiger partial charge >= 0.3 is 0 Å². The summed E-state index contributed by atoms with van der Waals surface area (Å²) in [6, 6.07) is 9.62. The number of nitrogens with one attached hydrogen (secondary N) is 2. The van der Waals surface area contributed by atoms with Gasteiger partial charge < -0.3 is 20.4 Å². The number of likely N-dealkylation sites (N-methyl/N-ethyl adjacent to an activating group) is 1. The van der Waals surface area contributed by atoms with E-state index in [-0.39, 0.29) is 5.91 Å². The smallest absolute Gasteiger partial charge is 0.274 e. The Balaban J connectivity index is 1.65. The van der Waals surface area contributed by atoms with E-state index >= 15 is 0 Å². The van der Waals surface area contributed by atoms with E-state index in [2.05, 4.69) is 44.0 Å². The van der Waals surface area contributed by atoms with Crippen molar-refractivity contribution in [3.63, 3.8) is 0 Å². The van der Waals surface area contributed by atoms with E-state index in [0.717, 1.165) is 37.6 Å². The van der Waals surface area contributed by atoms with Crippen LogP contribution in [0.25, 0.3) is 0 Å². The van der Waals surface area contributed by atoms with Gasteiger partial charge in [-0.25, -0.2) is 9.97 Å². The number of hydrogen-bond donors (Lipinski definition) is 2. The highest BCUT2D eigenvalue weighted by atomic mass is 16.1. The summed E-state index contributed by atoms with van der Waals surface area (Å²) in [5, 5.41) is 5.91. The van der Waals surface area contributed by atoms with Crippen molar-refractivity contribution >= 4 is 23.2 Å². The molecule has 1 aromatic heterocycles. The Hall–Kier alpha value is -2.93. The third-order valence-electron chi connectivity index (χ3n) is 4.48. The molecule has 0 aliphatic carbocycles. The van der Waals surface area contributed by atoms with Crippen molar-refractivity contribution in [1.29, 1.82) is 0 Å². The largest absolute Gasteiger partial charge is 0.369 e. The molecule has 27 heavy (non-hydrogen) atoms. The molecule has 0 radical (unpaired) electrons. The number of aryl methyl sites for hydroxylation is 1. The minimum Gasteiger partial charge on any atom is -0.369 e. The topological polar surface area (TPSA) is 73.4 Å². The van der Waals surface area contributed by atoms with Crippen molar-refractivity contribution in [3.05, 3.63) is 54.4 Å². The molecule has 7 heteroatoms. The number of amides is 1. The fraction of sp³-hybridized carbons (Fsp3) is 0.350. The second kappa shape index (κ2) is 8.64. The van der Waals surface area contributed by atoms with Crippen LogP contribution in [0.3, 0.4) is 0 Å². The van der Waals surface area contributed by atoms with E-state index in [4.69, 9.17) is 0 Å². The monoisotopic (exact) mass is 366 g/mol. The lowest BCUT2D eigenvalue weighted by Gasteiger charge is -2.34. The molecule has 2 heterocycles. The Morgan fingerprint density at radius 2 is 1.89 bits per heavy atom. The van der Waals surface area contributed by atoms with Gasteiger partial charge in [0, 0.05) is 49.8 Å². The highest BCUT2D eigenvalue weighted by Crippen LogP contribution is 2.20. The average Bonchev–Trinajstić information content (AvgIpc) is 2.67. The minimum atomic E-state index is -0.255. The van der Waals surface area contributed by atoms with Gasteiger partial charge in [0.1, 0.15) is 5.69 Å². The summed E-state index contributed by atoms with van der Waals surface area (Å²) < 4.78 is 0. The highest BCUT2D eigenvalue weighted by Gasteiger charge is 2.15. The molecule has 3 rings (SSSR count). The van der Waals surface area contributed by atoms with Crippen molar-refractivity contribution in [2.45, 2.75) is 6.92 Å². The van der Waals surface area contributed by atoms with E-state index in [1.807, 2.05) is 31.2 Å². The molecule has 1 aliphatic rings. The predicted molar refractivity (Wildman–Crippen MR) is 110 cm³/mol. The number of rotatable bonds is 6. The maximum atomic E-state index is 12.5. The van der Waals surface area contributed by atoms with E-state index in [9.17, 15) is 4.79 Å². The molecule has 0 bridgehead atoms. The van der Waals surface area contributed by atoms with Crippen molar-refractivity contribution in [3.8, 4) is 0 Å². The van der Waals surface area contributed by atoms with Gasteiger partial charge in [-0.1, -0.05) is 6.08 Å². The third-order valence-corrected chi connectivity index (χ3v) is 4.48. The summed E-state index contributed by atoms with van der Waals surface area (Å²) in [4.78, 5) is 25.8. The number of hydrogen-bond acceptors (Lipinski definition) is 6. The number of anilines is 3. The molecule has 7 nitrogen and oxygen atoms in total. The molecule has 1 amide bonds. The van der Waals surface area contributed by atoms with Crippen molar-refractivity contribution in [1.82, 2.24) is 14.9 Å². The Labute approximate surface area is 160 Å². The molecule has 2 N–H and O–H groups in total. The third kappa shape index (κ3) is 5.04. The SMILES string of the molecule is C=CCNc1nc(C)cc(C(=O)Nc2ccc(N3CCN(C)CC3)cc2)n1. The van der Waals surface area contributed by atoms with Crippen LogP contribution < -0.4 is 15.5 Å². The first kappa shape index (κ1) is 18.8. The van der Waals surface area contributed by atoms with Gasteiger partial charge in [0.05, 0.1) is 0 Å². The molecule has 1 aliphatic heterocycles. The number of carbonyl (C=O) groups excluding carboxylic acids is 1. The molecule has 0 saturated carbocycles. The Morgan fingerprint density at radius 1 is 1.19 bits per heavy atom. The zero-order chi connectivity index (χ0) is 19.2. The molecule has 2 aromatic rings. The summed E-state index contributed by atoms with van der Waals surface area (Å²) in [5.41, 5.74) is 2.98. The van der Waals surface area contributed by atoms with Crippen LogP contribution in [-0.2, 0) is 0 Å². The van der Waals surface area contributed by atoms with Gasteiger partial charge in [-0.2, -0.15) is 0 Å². The highest BCUT2D eigenvalue weighted by molar-refractivity contribution is 6.03. The van der Waals surface area contributed by atoms with Crippen molar-refractivity contribution in [2.75, 3.05) is 55.3 Å². The summed E-state index contributed by atoms with van der Waals surface area (Å²) in [7, 11) is 2.14. The van der Waals surface area contributed by atoms with Gasteiger partial charge in [0.2, 0.25) is 5.95 Å². The summed E-state index contributed by atoms with van der Waals surface area (Å²) in [6.45, 7) is 10.2. The van der Waals surface area contributed by atoms with Crippen LogP contribution in [0.2, 0.25) is 0 Å². The van der Waals surface area contributed by atoms with Gasteiger partial charge in [-0.3, -0.25) is 4.79 Å². The van der Waals surface area contributed by atoms with E-state index < -0.39 is 0 Å². The van der Waals surface area contributed by atoms with Gasteiger partial charge in [-0.05, 0) is 44.3 Å². The molecular weight excluding hydrogens is 340 g/mol. The zero-order valence-corrected chi connectivity index (χ0v) is 15.9. The molecule has 142 valence electrons. The quantitative estimate of drug-likeness (QED) is 0.765. The number of nitrogens with zero attached hydrogens (tertiary/aromatic N) is 4. The molecule has 0 atom stereocenters. The first-order valence-electron chi connectivity index (χ1n) is 9.10. The van der Waals surface area contributed by atoms with Gasteiger partial charge in [0.15, 0.2) is 0 Å². The standard InChI is InChI=1S/C20H26N6O/c1-4-9-21-20-22-15(2)14-18(24-20)19(27)23-16-5-7-17(8-6-16)26-12-10-25(3)11-13-26/h4-8,14H,1,9-13H2,2-3H3,(H,23,27)(H,21,22,24). The number of carbonyl (C=O) groups is 1. The molecule has 0 spiro atoms. The predicted octanol–water partition coefficient (Wildman–Crippen LogP) is 2.39. The first-order valence-corrected chi connectivity index (χ1v) is 9.10. The van der Waals surface area contributed by atoms with Crippen molar-refractivity contribution in [2.24, 2.45) is 0 Å². The lowest BCUT2D eigenvalue weighted by Crippen LogP contribution is -2.44. The Kier molecular flexibility index (Phi) is 6.03. The molecule has 1 fully saturated rings. The van der Waals surface area contributed by atoms with Crippen LogP contribution in [-0.4, -0.2) is 60.5 Å². The van der Waals surface area contributed by atoms with Gasteiger partial charge in [-0.15, -0.1) is 6.58 Å². The van der Waals surface area contributed by atoms with E-state index in [1.165, 1.54) is 5.69 Å². The maximum Gasteiger partial charge on any atom is 0.274 e. The Bertz CT molecular complexity index is 797. The first-order chi connectivity index (χ1) is 13.0. The molecule has 1 saturated heterocycles.